The Kier molecular flexibility index (Phi) is 3.11. The largest absolute Gasteiger partial charge is 0.456 e. The first-order valence-corrected chi connectivity index (χ1v) is 7.03. The summed E-state index contributed by atoms with van der Waals surface area (Å²) in [5.41, 5.74) is 6.76. The molecule has 0 amide bonds. The highest BCUT2D eigenvalue weighted by molar-refractivity contribution is 6.50. The van der Waals surface area contributed by atoms with Gasteiger partial charge in [-0.05, 0) is 17.7 Å². The highest BCUT2D eigenvalue weighted by Crippen LogP contribution is 2.38. The van der Waals surface area contributed by atoms with Gasteiger partial charge in [0.25, 0.3) is 0 Å². The van der Waals surface area contributed by atoms with Gasteiger partial charge in [-0.25, -0.2) is 0 Å². The van der Waals surface area contributed by atoms with Crippen molar-refractivity contribution in [2.45, 2.75) is 0 Å². The van der Waals surface area contributed by atoms with Gasteiger partial charge in [0.15, 0.2) is 0 Å². The second-order valence-electron chi connectivity index (χ2n) is 4.05. The molecule has 0 spiro atoms. The zero-order valence-corrected chi connectivity index (χ0v) is 10.8. The lowest BCUT2D eigenvalue weighted by molar-refractivity contribution is 0.437. The molecule has 2 aromatic carbocycles. The third kappa shape index (κ3) is 2.44. The first kappa shape index (κ1) is 11.1. The van der Waals surface area contributed by atoms with Crippen LogP contribution in [0.25, 0.3) is 12.2 Å². The van der Waals surface area contributed by atoms with Gasteiger partial charge in [0.1, 0.15) is 21.0 Å². The van der Waals surface area contributed by atoms with E-state index in [4.69, 9.17) is 4.74 Å². The fourth-order valence-electron chi connectivity index (χ4n) is 1.78. The van der Waals surface area contributed by atoms with Crippen molar-refractivity contribution in [1.29, 1.82) is 0 Å². The maximum Gasteiger partial charge on any atom is 0.138 e. The second kappa shape index (κ2) is 5.06. The molecule has 2 heterocycles. The third-order valence-corrected chi connectivity index (χ3v) is 3.46. The Morgan fingerprint density at radius 2 is 1.67 bits per heavy atom. The van der Waals surface area contributed by atoms with Crippen LogP contribution in [0.15, 0.2) is 59.9 Å². The van der Waals surface area contributed by atoms with Crippen molar-refractivity contribution in [2.75, 3.05) is 0 Å². The van der Waals surface area contributed by atoms with Gasteiger partial charge in [0, 0.05) is 11.6 Å². The molecular weight excluding hydrogens is 236 g/mol. The topological polar surface area (TPSA) is 9.23 Å². The first-order chi connectivity index (χ1) is 8.92. The molecule has 0 aromatic heterocycles. The zero-order chi connectivity index (χ0) is 12.2. The minimum atomic E-state index is 0.684. The molecule has 2 aliphatic heterocycles. The first-order valence-electron chi connectivity index (χ1n) is 5.88. The lowest BCUT2D eigenvalue weighted by Gasteiger charge is -2.18. The number of rotatable bonds is 4. The van der Waals surface area contributed by atoms with Crippen molar-refractivity contribution in [3.05, 3.63) is 71.1 Å². The molecule has 2 aromatic rings. The standard InChI is InChI=1S/C16H12OSi/c1-2-4-13(5-3-1)8-10-18-11-9-14-6-7-15-12-16(14)17-15/h1-12H/b10-8+,11-9+. The van der Waals surface area contributed by atoms with Gasteiger partial charge in [-0.3, -0.25) is 0 Å². The van der Waals surface area contributed by atoms with Gasteiger partial charge in [-0.1, -0.05) is 53.9 Å². The summed E-state index contributed by atoms with van der Waals surface area (Å²) >= 11 is 0. The number of hydrogen-bond donors (Lipinski definition) is 0. The van der Waals surface area contributed by atoms with Gasteiger partial charge >= 0.3 is 0 Å². The molecule has 0 atom stereocenters. The predicted octanol–water partition coefficient (Wildman–Crippen LogP) is 4.14. The monoisotopic (exact) mass is 248 g/mol. The second-order valence-corrected chi connectivity index (χ2v) is 5.05. The van der Waals surface area contributed by atoms with Crippen LogP contribution in [0.1, 0.15) is 11.1 Å². The summed E-state index contributed by atoms with van der Waals surface area (Å²) < 4.78 is 5.40. The molecule has 0 fully saturated rings. The molecule has 0 aliphatic carbocycles. The molecule has 0 N–H and O–H groups in total. The van der Waals surface area contributed by atoms with Gasteiger partial charge < -0.3 is 4.74 Å². The Balaban J connectivity index is 1.56. The average molecular weight is 248 g/mol. The van der Waals surface area contributed by atoms with Crippen LogP contribution in [0, 0.1) is 0 Å². The smallest absolute Gasteiger partial charge is 0.138 e. The lowest BCUT2D eigenvalue weighted by Crippen LogP contribution is -1.96. The van der Waals surface area contributed by atoms with E-state index in [0.29, 0.717) is 9.52 Å². The van der Waals surface area contributed by atoms with Crippen LogP contribution >= 0.6 is 0 Å². The number of hydrogen-bond acceptors (Lipinski definition) is 1. The molecular formula is C16H12OSi. The summed E-state index contributed by atoms with van der Waals surface area (Å²) in [5, 5.41) is 0. The van der Waals surface area contributed by atoms with Crippen molar-refractivity contribution in [3.63, 3.8) is 0 Å². The zero-order valence-electron chi connectivity index (χ0n) is 9.84. The highest BCUT2D eigenvalue weighted by atomic mass is 28.2. The van der Waals surface area contributed by atoms with Crippen LogP contribution in [0.2, 0.25) is 0 Å². The van der Waals surface area contributed by atoms with E-state index in [1.54, 1.807) is 0 Å². The fraction of sp³-hybridized carbons (Fsp3) is 0. The minimum absolute atomic E-state index is 0.684. The van der Waals surface area contributed by atoms with Gasteiger partial charge in [-0.2, -0.15) is 0 Å². The van der Waals surface area contributed by atoms with Crippen LogP contribution in [0.5, 0.6) is 11.5 Å². The van der Waals surface area contributed by atoms with Crippen LogP contribution < -0.4 is 4.74 Å². The van der Waals surface area contributed by atoms with Crippen LogP contribution in [0.3, 0.4) is 0 Å². The van der Waals surface area contributed by atoms with Gasteiger partial charge in [-0.15, -0.1) is 0 Å². The summed E-state index contributed by atoms with van der Waals surface area (Å²) in [5.74, 6) is 1.95. The van der Waals surface area contributed by atoms with Gasteiger partial charge in [0.05, 0.1) is 0 Å². The van der Waals surface area contributed by atoms with Crippen molar-refractivity contribution in [3.8, 4) is 11.5 Å². The summed E-state index contributed by atoms with van der Waals surface area (Å²) in [6, 6.07) is 16.5. The molecule has 2 aliphatic rings. The van der Waals surface area contributed by atoms with E-state index >= 15 is 0 Å². The Hall–Kier alpha value is -2.06. The van der Waals surface area contributed by atoms with Gasteiger partial charge in [0.2, 0.25) is 0 Å². The maximum absolute atomic E-state index is 5.40. The van der Waals surface area contributed by atoms with Crippen LogP contribution in [-0.2, 0) is 0 Å². The number of ether oxygens (including phenoxy) is 1. The molecule has 86 valence electrons. The quantitative estimate of drug-likeness (QED) is 0.631. The molecule has 0 unspecified atom stereocenters. The minimum Gasteiger partial charge on any atom is -0.456 e. The Labute approximate surface area is 109 Å². The number of benzene rings is 2. The van der Waals surface area contributed by atoms with E-state index in [9.17, 15) is 0 Å². The van der Waals surface area contributed by atoms with Crippen LogP contribution in [-0.4, -0.2) is 9.52 Å². The average Bonchev–Trinajstić information content (AvgIpc) is 2.39. The summed E-state index contributed by atoms with van der Waals surface area (Å²) in [6.45, 7) is 0. The molecule has 18 heavy (non-hydrogen) atoms. The Morgan fingerprint density at radius 1 is 0.889 bits per heavy atom. The Bertz CT molecular complexity index is 596. The fourth-order valence-corrected chi connectivity index (χ4v) is 2.45. The van der Waals surface area contributed by atoms with E-state index in [2.05, 4.69) is 59.9 Å². The molecule has 1 nitrogen and oxygen atoms in total. The maximum atomic E-state index is 5.40. The van der Waals surface area contributed by atoms with E-state index in [0.717, 1.165) is 17.1 Å². The van der Waals surface area contributed by atoms with E-state index in [1.165, 1.54) is 5.56 Å². The van der Waals surface area contributed by atoms with E-state index in [-0.39, 0.29) is 0 Å². The summed E-state index contributed by atoms with van der Waals surface area (Å²) in [4.78, 5) is 0. The van der Waals surface area contributed by atoms with Crippen molar-refractivity contribution < 1.29 is 4.74 Å². The highest BCUT2D eigenvalue weighted by Gasteiger charge is 2.12. The molecule has 0 saturated heterocycles. The summed E-state index contributed by atoms with van der Waals surface area (Å²) in [7, 11) is 0.684. The number of fused-ring (bicyclic) bond motifs is 2. The van der Waals surface area contributed by atoms with Crippen LogP contribution in [0.4, 0.5) is 0 Å². The van der Waals surface area contributed by atoms with E-state index in [1.807, 2.05) is 12.1 Å². The SMILES string of the molecule is C(=C\c1ccccc1)/[Si]/C=C/c1ccc2cc1O2. The van der Waals surface area contributed by atoms with Crippen molar-refractivity contribution >= 4 is 21.7 Å². The van der Waals surface area contributed by atoms with Crippen molar-refractivity contribution in [2.24, 2.45) is 0 Å². The molecule has 2 bridgehead atoms. The normalized spacial score (nSPS) is 12.7. The predicted molar refractivity (Wildman–Crippen MR) is 76.8 cm³/mol. The molecule has 4 rings (SSSR count). The molecule has 0 saturated carbocycles. The van der Waals surface area contributed by atoms with Crippen molar-refractivity contribution in [1.82, 2.24) is 0 Å². The molecule has 2 heteroatoms. The molecule has 2 radical (unpaired) electrons. The van der Waals surface area contributed by atoms with E-state index < -0.39 is 0 Å². The Morgan fingerprint density at radius 3 is 2.39 bits per heavy atom. The summed E-state index contributed by atoms with van der Waals surface area (Å²) in [6.07, 6.45) is 4.27. The third-order valence-electron chi connectivity index (χ3n) is 2.74. The lowest BCUT2D eigenvalue weighted by atomic mass is 10.1.